The monoisotopic (exact) mass is 316 g/mol. The zero-order chi connectivity index (χ0) is 14.0. The Morgan fingerprint density at radius 3 is 2.71 bits per heavy atom. The van der Waals surface area contributed by atoms with Gasteiger partial charge in [0.05, 0.1) is 12.0 Å². The Balaban J connectivity index is 0.00000161. The van der Waals surface area contributed by atoms with Crippen molar-refractivity contribution in [2.45, 2.75) is 64.0 Å². The van der Waals surface area contributed by atoms with Crippen LogP contribution in [0.2, 0.25) is 0 Å². The SMILES string of the molecule is CCOC1CC(NC(=O)C2CCCNC2)C12CCCC2.Cl. The lowest BCUT2D eigenvalue weighted by atomic mass is 9.60. The Kier molecular flexibility index (Phi) is 5.92. The number of carbonyl (C=O) groups excluding carboxylic acids is 1. The van der Waals surface area contributed by atoms with Crippen molar-refractivity contribution in [3.8, 4) is 0 Å². The van der Waals surface area contributed by atoms with Gasteiger partial charge >= 0.3 is 0 Å². The highest BCUT2D eigenvalue weighted by atomic mass is 35.5. The molecule has 122 valence electrons. The summed E-state index contributed by atoms with van der Waals surface area (Å²) in [6.45, 7) is 4.77. The van der Waals surface area contributed by atoms with Gasteiger partial charge in [0.25, 0.3) is 0 Å². The fourth-order valence-corrected chi connectivity index (χ4v) is 4.45. The molecule has 3 fully saturated rings. The first-order valence-corrected chi connectivity index (χ1v) is 8.39. The first-order valence-electron chi connectivity index (χ1n) is 8.39. The van der Waals surface area contributed by atoms with E-state index in [0.717, 1.165) is 39.0 Å². The zero-order valence-corrected chi connectivity index (χ0v) is 13.8. The van der Waals surface area contributed by atoms with Gasteiger partial charge in [-0.3, -0.25) is 4.79 Å². The second-order valence-corrected chi connectivity index (χ2v) is 6.72. The predicted molar refractivity (Wildman–Crippen MR) is 85.7 cm³/mol. The fraction of sp³-hybridized carbons (Fsp3) is 0.938. The molecule has 3 atom stereocenters. The molecular formula is C16H29ClN2O2. The van der Waals surface area contributed by atoms with Crippen LogP contribution in [-0.4, -0.2) is 37.7 Å². The lowest BCUT2D eigenvalue weighted by Crippen LogP contribution is -2.64. The van der Waals surface area contributed by atoms with Gasteiger partial charge in [0.2, 0.25) is 5.91 Å². The van der Waals surface area contributed by atoms with Crippen LogP contribution in [0.15, 0.2) is 0 Å². The minimum atomic E-state index is 0. The van der Waals surface area contributed by atoms with E-state index in [0.29, 0.717) is 12.1 Å². The van der Waals surface area contributed by atoms with E-state index in [1.54, 1.807) is 0 Å². The molecule has 1 saturated heterocycles. The molecule has 2 aliphatic carbocycles. The average Bonchev–Trinajstić information content (AvgIpc) is 2.99. The molecule has 1 aliphatic heterocycles. The zero-order valence-electron chi connectivity index (χ0n) is 13.0. The Bertz CT molecular complexity index is 352. The molecule has 3 rings (SSSR count). The largest absolute Gasteiger partial charge is 0.378 e. The van der Waals surface area contributed by atoms with Crippen molar-refractivity contribution in [1.29, 1.82) is 0 Å². The van der Waals surface area contributed by atoms with Crippen molar-refractivity contribution in [2.24, 2.45) is 11.3 Å². The second kappa shape index (κ2) is 7.30. The molecule has 1 amide bonds. The third kappa shape index (κ3) is 3.22. The Hall–Kier alpha value is -0.320. The van der Waals surface area contributed by atoms with Gasteiger partial charge in [-0.05, 0) is 45.6 Å². The van der Waals surface area contributed by atoms with Crippen LogP contribution in [0.25, 0.3) is 0 Å². The van der Waals surface area contributed by atoms with E-state index in [2.05, 4.69) is 17.6 Å². The third-order valence-corrected chi connectivity index (χ3v) is 5.67. The molecule has 4 nitrogen and oxygen atoms in total. The first-order chi connectivity index (χ1) is 9.76. The summed E-state index contributed by atoms with van der Waals surface area (Å²) < 4.78 is 5.91. The molecule has 5 heteroatoms. The Labute approximate surface area is 134 Å². The van der Waals surface area contributed by atoms with Crippen LogP contribution in [0.4, 0.5) is 0 Å². The summed E-state index contributed by atoms with van der Waals surface area (Å²) in [5.41, 5.74) is 0.258. The number of piperidine rings is 1. The molecule has 0 aromatic carbocycles. The normalized spacial score (nSPS) is 34.0. The van der Waals surface area contributed by atoms with Crippen LogP contribution in [-0.2, 0) is 9.53 Å². The number of ether oxygens (including phenoxy) is 1. The fourth-order valence-electron chi connectivity index (χ4n) is 4.45. The van der Waals surface area contributed by atoms with Crippen molar-refractivity contribution >= 4 is 18.3 Å². The highest BCUT2D eigenvalue weighted by Crippen LogP contribution is 2.54. The number of hydrogen-bond acceptors (Lipinski definition) is 3. The molecule has 1 heterocycles. The van der Waals surface area contributed by atoms with E-state index in [1.165, 1.54) is 25.7 Å². The minimum absolute atomic E-state index is 0. The average molecular weight is 317 g/mol. The molecule has 0 aromatic rings. The van der Waals surface area contributed by atoms with Gasteiger partial charge in [-0.25, -0.2) is 0 Å². The third-order valence-electron chi connectivity index (χ3n) is 5.67. The Morgan fingerprint density at radius 2 is 2.10 bits per heavy atom. The molecule has 0 aromatic heterocycles. The molecule has 2 N–H and O–H groups in total. The van der Waals surface area contributed by atoms with Crippen LogP contribution in [0.3, 0.4) is 0 Å². The topological polar surface area (TPSA) is 50.4 Å². The van der Waals surface area contributed by atoms with Gasteiger partial charge < -0.3 is 15.4 Å². The number of halogens is 1. The second-order valence-electron chi connectivity index (χ2n) is 6.72. The van der Waals surface area contributed by atoms with E-state index < -0.39 is 0 Å². The molecule has 21 heavy (non-hydrogen) atoms. The molecule has 0 radical (unpaired) electrons. The van der Waals surface area contributed by atoms with Crippen LogP contribution < -0.4 is 10.6 Å². The standard InChI is InChI=1S/C16H28N2O2.ClH/c1-2-20-14-10-13(16(14)7-3-4-8-16)18-15(19)12-6-5-9-17-11-12;/h12-14,17H,2-11H2,1H3,(H,18,19);1H. The summed E-state index contributed by atoms with van der Waals surface area (Å²) in [5.74, 6) is 0.441. The van der Waals surface area contributed by atoms with Crippen molar-refractivity contribution in [1.82, 2.24) is 10.6 Å². The summed E-state index contributed by atoms with van der Waals surface area (Å²) in [7, 11) is 0. The molecular weight excluding hydrogens is 288 g/mol. The maximum Gasteiger partial charge on any atom is 0.224 e. The van der Waals surface area contributed by atoms with E-state index in [9.17, 15) is 4.79 Å². The van der Waals surface area contributed by atoms with Crippen LogP contribution in [0.5, 0.6) is 0 Å². The van der Waals surface area contributed by atoms with Gasteiger partial charge in [0, 0.05) is 24.6 Å². The van der Waals surface area contributed by atoms with Crippen molar-refractivity contribution in [3.05, 3.63) is 0 Å². The number of amides is 1. The van der Waals surface area contributed by atoms with Gasteiger partial charge in [0.1, 0.15) is 0 Å². The van der Waals surface area contributed by atoms with Crippen molar-refractivity contribution in [3.63, 3.8) is 0 Å². The van der Waals surface area contributed by atoms with Crippen LogP contribution in [0.1, 0.15) is 51.9 Å². The number of nitrogens with one attached hydrogen (secondary N) is 2. The Morgan fingerprint density at radius 1 is 1.33 bits per heavy atom. The summed E-state index contributed by atoms with van der Waals surface area (Å²) in [5, 5.41) is 6.68. The summed E-state index contributed by atoms with van der Waals surface area (Å²) in [4.78, 5) is 12.4. The number of hydrogen-bond donors (Lipinski definition) is 2. The molecule has 3 aliphatic rings. The molecule has 0 bridgehead atoms. The lowest BCUT2D eigenvalue weighted by molar-refractivity contribution is -0.146. The van der Waals surface area contributed by atoms with Crippen molar-refractivity contribution in [2.75, 3.05) is 19.7 Å². The number of rotatable bonds is 4. The van der Waals surface area contributed by atoms with E-state index in [4.69, 9.17) is 4.74 Å². The van der Waals surface area contributed by atoms with E-state index in [1.807, 2.05) is 0 Å². The quantitative estimate of drug-likeness (QED) is 0.836. The first kappa shape index (κ1) is 17.0. The summed E-state index contributed by atoms with van der Waals surface area (Å²) >= 11 is 0. The maximum absolute atomic E-state index is 12.4. The van der Waals surface area contributed by atoms with E-state index >= 15 is 0 Å². The molecule has 3 unspecified atom stereocenters. The highest BCUT2D eigenvalue weighted by molar-refractivity contribution is 5.85. The molecule has 1 spiro atoms. The molecule has 2 saturated carbocycles. The number of carbonyl (C=O) groups is 1. The van der Waals surface area contributed by atoms with E-state index in [-0.39, 0.29) is 29.6 Å². The maximum atomic E-state index is 12.4. The van der Waals surface area contributed by atoms with Crippen molar-refractivity contribution < 1.29 is 9.53 Å². The summed E-state index contributed by atoms with van der Waals surface area (Å²) in [6.07, 6.45) is 8.59. The van der Waals surface area contributed by atoms with Gasteiger partial charge in [-0.1, -0.05) is 12.8 Å². The van der Waals surface area contributed by atoms with Gasteiger partial charge in [0.15, 0.2) is 0 Å². The predicted octanol–water partition coefficient (Wildman–Crippen LogP) is 2.26. The smallest absolute Gasteiger partial charge is 0.224 e. The van der Waals surface area contributed by atoms with Crippen LogP contribution in [0, 0.1) is 11.3 Å². The van der Waals surface area contributed by atoms with Crippen LogP contribution >= 0.6 is 12.4 Å². The summed E-state index contributed by atoms with van der Waals surface area (Å²) in [6, 6.07) is 0.357. The highest BCUT2D eigenvalue weighted by Gasteiger charge is 2.57. The van der Waals surface area contributed by atoms with Gasteiger partial charge in [-0.2, -0.15) is 0 Å². The minimum Gasteiger partial charge on any atom is -0.378 e. The lowest BCUT2D eigenvalue weighted by Gasteiger charge is -2.54. The van der Waals surface area contributed by atoms with Gasteiger partial charge in [-0.15, -0.1) is 12.4 Å².